The Kier molecular flexibility index (Phi) is 4.27. The van der Waals surface area contributed by atoms with E-state index in [0.717, 1.165) is 0 Å². The topological polar surface area (TPSA) is 132 Å². The molecule has 1 saturated heterocycles. The van der Waals surface area contributed by atoms with Gasteiger partial charge in [0, 0.05) is 0 Å². The molecule has 9 nitrogen and oxygen atoms in total. The van der Waals surface area contributed by atoms with E-state index < -0.39 is 24.6 Å². The quantitative estimate of drug-likeness (QED) is 0.594. The van der Waals surface area contributed by atoms with Crippen molar-refractivity contribution >= 4 is 28.6 Å². The van der Waals surface area contributed by atoms with Crippen molar-refractivity contribution < 1.29 is 19.0 Å². The van der Waals surface area contributed by atoms with Gasteiger partial charge in [-0.3, -0.25) is 4.57 Å². The fraction of sp³-hybridized carbons (Fsp3) is 0.500. The number of fused-ring (bicyclic) bond motifs is 1. The lowest BCUT2D eigenvalue weighted by Crippen LogP contribution is -2.31. The molecule has 3 rings (SSSR count). The number of halogens is 2. The van der Waals surface area contributed by atoms with E-state index in [4.69, 9.17) is 32.1 Å². The summed E-state index contributed by atoms with van der Waals surface area (Å²) in [6.07, 6.45) is -3.95. The number of nitrogens with zero attached hydrogens (tertiary/aromatic N) is 5. The summed E-state index contributed by atoms with van der Waals surface area (Å²) >= 11 is 5.76. The molecule has 0 spiro atoms. The molecule has 0 aromatic carbocycles. The predicted octanol–water partition coefficient (Wildman–Crippen LogP) is 0.198. The molecule has 3 heterocycles. The molecule has 0 bridgehead atoms. The zero-order valence-electron chi connectivity index (χ0n) is 11.6. The Morgan fingerprint density at radius 1 is 1.57 bits per heavy atom. The zero-order chi connectivity index (χ0) is 16.6. The van der Waals surface area contributed by atoms with Crippen LogP contribution in [-0.2, 0) is 9.47 Å². The molecule has 2 aromatic heterocycles. The Morgan fingerprint density at radius 3 is 3.09 bits per heavy atom. The summed E-state index contributed by atoms with van der Waals surface area (Å²) in [5.74, 6) is 0.0570. The molecular formula is C12H12ClFN6O3. The van der Waals surface area contributed by atoms with Gasteiger partial charge in [0.2, 0.25) is 5.28 Å². The predicted molar refractivity (Wildman–Crippen MR) is 76.0 cm³/mol. The summed E-state index contributed by atoms with van der Waals surface area (Å²) in [4.78, 5) is 11.8. The van der Waals surface area contributed by atoms with Crippen LogP contribution < -0.4 is 5.73 Å². The minimum Gasteiger partial charge on any atom is -0.387 e. The Bertz CT molecular complexity index is 765. The zero-order valence-corrected chi connectivity index (χ0v) is 12.4. The molecule has 1 aliphatic rings. The van der Waals surface area contributed by atoms with Crippen LogP contribution in [0.4, 0.5) is 10.2 Å². The van der Waals surface area contributed by atoms with E-state index in [2.05, 4.69) is 15.0 Å². The number of nitriles is 1. The van der Waals surface area contributed by atoms with Gasteiger partial charge in [0.1, 0.15) is 24.3 Å². The summed E-state index contributed by atoms with van der Waals surface area (Å²) in [5, 5.41) is 18.2. The second kappa shape index (κ2) is 6.21. The highest BCUT2D eigenvalue weighted by molar-refractivity contribution is 6.28. The largest absolute Gasteiger partial charge is 0.387 e. The maximum Gasteiger partial charge on any atom is 0.226 e. The van der Waals surface area contributed by atoms with E-state index >= 15 is 0 Å². The van der Waals surface area contributed by atoms with Crippen molar-refractivity contribution in [1.82, 2.24) is 19.5 Å². The van der Waals surface area contributed by atoms with Crippen LogP contribution in [0.15, 0.2) is 6.33 Å². The monoisotopic (exact) mass is 342 g/mol. The Hall–Kier alpha value is -2.06. The van der Waals surface area contributed by atoms with Crippen molar-refractivity contribution in [2.75, 3.05) is 18.9 Å². The van der Waals surface area contributed by atoms with Crippen LogP contribution in [0, 0.1) is 11.3 Å². The van der Waals surface area contributed by atoms with Gasteiger partial charge in [0.25, 0.3) is 0 Å². The van der Waals surface area contributed by atoms with Gasteiger partial charge in [0.15, 0.2) is 23.9 Å². The van der Waals surface area contributed by atoms with Gasteiger partial charge >= 0.3 is 0 Å². The molecule has 0 unspecified atom stereocenters. The highest BCUT2D eigenvalue weighted by Gasteiger charge is 2.45. The lowest BCUT2D eigenvalue weighted by Gasteiger charge is -2.15. The van der Waals surface area contributed by atoms with Gasteiger partial charge in [-0.2, -0.15) is 15.2 Å². The van der Waals surface area contributed by atoms with Gasteiger partial charge in [0.05, 0.1) is 19.0 Å². The highest BCUT2D eigenvalue weighted by Crippen LogP contribution is 2.34. The van der Waals surface area contributed by atoms with Gasteiger partial charge < -0.3 is 20.3 Å². The smallest absolute Gasteiger partial charge is 0.226 e. The number of anilines is 1. The molecule has 0 radical (unpaired) electrons. The molecule has 4 atom stereocenters. The van der Waals surface area contributed by atoms with Gasteiger partial charge in [-0.1, -0.05) is 0 Å². The van der Waals surface area contributed by atoms with E-state index in [-0.39, 0.29) is 35.5 Å². The number of hydrogen-bond acceptors (Lipinski definition) is 8. The number of imidazole rings is 1. The van der Waals surface area contributed by atoms with E-state index in [0.29, 0.717) is 0 Å². The Labute approximate surface area is 134 Å². The molecular weight excluding hydrogens is 331 g/mol. The van der Waals surface area contributed by atoms with Crippen molar-refractivity contribution in [3.05, 3.63) is 11.6 Å². The fourth-order valence-electron chi connectivity index (χ4n) is 2.38. The summed E-state index contributed by atoms with van der Waals surface area (Å²) in [6.45, 7) is -0.294. The number of nitrogen functional groups attached to an aromatic ring is 1. The third kappa shape index (κ3) is 2.79. The number of ether oxygens (including phenoxy) is 2. The average Bonchev–Trinajstić information content (AvgIpc) is 3.04. The molecule has 0 saturated carbocycles. The Morgan fingerprint density at radius 2 is 2.35 bits per heavy atom. The molecule has 3 N–H and O–H groups in total. The van der Waals surface area contributed by atoms with Crippen LogP contribution in [-0.4, -0.2) is 56.2 Å². The third-order valence-corrected chi connectivity index (χ3v) is 3.61. The molecule has 122 valence electrons. The SMILES string of the molecule is N#CCOC[C@H]1O[C@@H](n2cnc3c(N)nc(Cl)nc32)[C@@H](F)[C@@H]1O. The van der Waals surface area contributed by atoms with Crippen molar-refractivity contribution in [3.63, 3.8) is 0 Å². The van der Waals surface area contributed by atoms with Crippen molar-refractivity contribution in [1.29, 1.82) is 5.26 Å². The Balaban J connectivity index is 1.89. The van der Waals surface area contributed by atoms with Crippen LogP contribution in [0.3, 0.4) is 0 Å². The molecule has 2 aromatic rings. The van der Waals surface area contributed by atoms with Crippen LogP contribution >= 0.6 is 11.6 Å². The number of alkyl halides is 1. The van der Waals surface area contributed by atoms with Crippen LogP contribution in [0.1, 0.15) is 6.23 Å². The normalized spacial score (nSPS) is 27.4. The van der Waals surface area contributed by atoms with Crippen LogP contribution in [0.25, 0.3) is 11.2 Å². The fourth-order valence-corrected chi connectivity index (χ4v) is 2.55. The van der Waals surface area contributed by atoms with Crippen LogP contribution in [0.2, 0.25) is 5.28 Å². The average molecular weight is 343 g/mol. The van der Waals surface area contributed by atoms with E-state index in [1.165, 1.54) is 10.9 Å². The minimum absolute atomic E-state index is 0.0570. The lowest BCUT2D eigenvalue weighted by atomic mass is 10.1. The third-order valence-electron chi connectivity index (χ3n) is 3.44. The second-order valence-electron chi connectivity index (χ2n) is 4.88. The lowest BCUT2D eigenvalue weighted by molar-refractivity contribution is -0.0585. The summed E-state index contributed by atoms with van der Waals surface area (Å²) < 4.78 is 26.1. The number of nitrogens with two attached hydrogens (primary N) is 1. The number of rotatable bonds is 4. The first kappa shape index (κ1) is 15.8. The number of aliphatic hydroxyl groups is 1. The molecule has 1 fully saturated rings. The standard InChI is InChI=1S/C12H12ClFN6O3/c13-12-18-9(16)7-10(19-12)20(4-17-7)11-6(14)8(21)5(23-11)3-22-2-1-15/h4-6,8,11,21H,2-3H2,(H2,16,18,19)/t5-,6+,8-,11-/m1/s1. The maximum absolute atomic E-state index is 14.4. The van der Waals surface area contributed by atoms with Crippen molar-refractivity contribution in [2.24, 2.45) is 0 Å². The van der Waals surface area contributed by atoms with Gasteiger partial charge in [-0.25, -0.2) is 9.37 Å². The highest BCUT2D eigenvalue weighted by atomic mass is 35.5. The maximum atomic E-state index is 14.4. The van der Waals surface area contributed by atoms with E-state index in [9.17, 15) is 9.50 Å². The minimum atomic E-state index is -1.74. The van der Waals surface area contributed by atoms with Gasteiger partial charge in [-0.15, -0.1) is 0 Å². The van der Waals surface area contributed by atoms with E-state index in [1.807, 2.05) is 0 Å². The second-order valence-corrected chi connectivity index (χ2v) is 5.21. The number of hydrogen-bond donors (Lipinski definition) is 2. The number of aliphatic hydroxyl groups excluding tert-OH is 1. The van der Waals surface area contributed by atoms with Crippen LogP contribution in [0.5, 0.6) is 0 Å². The molecule has 0 aliphatic carbocycles. The molecule has 1 aliphatic heterocycles. The molecule has 11 heteroatoms. The van der Waals surface area contributed by atoms with Crippen molar-refractivity contribution in [2.45, 2.75) is 24.6 Å². The number of aromatic nitrogens is 4. The van der Waals surface area contributed by atoms with E-state index in [1.54, 1.807) is 6.07 Å². The molecule has 0 amide bonds. The van der Waals surface area contributed by atoms with Gasteiger partial charge in [-0.05, 0) is 11.6 Å². The summed E-state index contributed by atoms with van der Waals surface area (Å²) in [6, 6.07) is 1.78. The summed E-state index contributed by atoms with van der Waals surface area (Å²) in [7, 11) is 0. The first-order valence-electron chi connectivity index (χ1n) is 6.60. The summed E-state index contributed by atoms with van der Waals surface area (Å²) in [5.41, 5.74) is 6.14. The van der Waals surface area contributed by atoms with Crippen molar-refractivity contribution in [3.8, 4) is 6.07 Å². The first-order valence-corrected chi connectivity index (χ1v) is 6.98. The molecule has 23 heavy (non-hydrogen) atoms. The first-order chi connectivity index (χ1) is 11.0.